The molecule has 2 heterocycles. The number of hydrogen-bond acceptors (Lipinski definition) is 8. The van der Waals surface area contributed by atoms with E-state index in [0.29, 0.717) is 36.9 Å². The quantitative estimate of drug-likeness (QED) is 0.344. The topological polar surface area (TPSA) is 128 Å². The number of thioether (sulfide) groups is 1. The number of amides is 1. The molecule has 8 nitrogen and oxygen atoms in total. The lowest BCUT2D eigenvalue weighted by atomic mass is 9.76. The van der Waals surface area contributed by atoms with Crippen LogP contribution in [0.25, 0.3) is 0 Å². The summed E-state index contributed by atoms with van der Waals surface area (Å²) in [4.78, 5) is 24.7. The van der Waals surface area contributed by atoms with Crippen LogP contribution in [-0.2, 0) is 14.3 Å². The van der Waals surface area contributed by atoms with Crippen LogP contribution < -0.4 is 10.6 Å². The lowest BCUT2D eigenvalue weighted by Gasteiger charge is -2.44. The Bertz CT molecular complexity index is 644. The Morgan fingerprint density at radius 3 is 2.38 bits per heavy atom. The summed E-state index contributed by atoms with van der Waals surface area (Å²) < 4.78 is 5.83. The van der Waals surface area contributed by atoms with Crippen molar-refractivity contribution in [3.8, 4) is 0 Å². The minimum absolute atomic E-state index is 0.209. The molecule has 0 radical (unpaired) electrons. The van der Waals surface area contributed by atoms with Crippen molar-refractivity contribution in [3.05, 3.63) is 0 Å². The van der Waals surface area contributed by atoms with Crippen molar-refractivity contribution in [3.63, 3.8) is 0 Å². The van der Waals surface area contributed by atoms with E-state index in [2.05, 4.69) is 10.6 Å². The highest BCUT2D eigenvalue weighted by molar-refractivity contribution is 7.99. The summed E-state index contributed by atoms with van der Waals surface area (Å²) in [5.74, 6) is 1.21. The molecular formula is C22H37ClN2O6S. The van der Waals surface area contributed by atoms with E-state index in [0.717, 1.165) is 32.2 Å². The number of carbonyl (C=O) groups excluding carboxylic acids is 2. The number of rotatable bonds is 6. The van der Waals surface area contributed by atoms with E-state index < -0.39 is 41.3 Å². The maximum atomic E-state index is 13.1. The number of ketones is 1. The van der Waals surface area contributed by atoms with Gasteiger partial charge in [-0.3, -0.25) is 9.59 Å². The number of hydrogen-bond donors (Lipinski definition) is 5. The molecular weight excluding hydrogens is 456 g/mol. The lowest BCUT2D eigenvalue weighted by molar-refractivity contribution is -0.205. The zero-order valence-corrected chi connectivity index (χ0v) is 20.4. The number of nitrogens with one attached hydrogen (secondary N) is 2. The number of halogens is 1. The van der Waals surface area contributed by atoms with Gasteiger partial charge in [-0.1, -0.05) is 0 Å². The van der Waals surface area contributed by atoms with Crippen LogP contribution in [0.1, 0.15) is 51.9 Å². The van der Waals surface area contributed by atoms with Crippen LogP contribution in [-0.4, -0.2) is 87.1 Å². The van der Waals surface area contributed by atoms with Crippen LogP contribution in [0.5, 0.6) is 0 Å². The summed E-state index contributed by atoms with van der Waals surface area (Å²) in [5.41, 5.74) is -0.729. The Morgan fingerprint density at radius 2 is 1.75 bits per heavy atom. The Balaban J connectivity index is 1.60. The zero-order chi connectivity index (χ0) is 23.4. The van der Waals surface area contributed by atoms with E-state index in [-0.39, 0.29) is 11.9 Å². The summed E-state index contributed by atoms with van der Waals surface area (Å²) in [6.07, 6.45) is 2.66. The Labute approximate surface area is 199 Å². The molecule has 1 saturated carbocycles. The number of carbonyl (C=O) groups is 2. The van der Waals surface area contributed by atoms with Crippen LogP contribution in [0.4, 0.5) is 0 Å². The van der Waals surface area contributed by atoms with Gasteiger partial charge in [0.1, 0.15) is 35.6 Å². The largest absolute Gasteiger partial charge is 0.388 e. The third-order valence-corrected chi connectivity index (χ3v) is 8.43. The first-order chi connectivity index (χ1) is 15.2. The molecule has 3 aliphatic rings. The van der Waals surface area contributed by atoms with Gasteiger partial charge < -0.3 is 30.7 Å². The highest BCUT2D eigenvalue weighted by Gasteiger charge is 2.48. The Kier molecular flexibility index (Phi) is 9.67. The summed E-state index contributed by atoms with van der Waals surface area (Å²) in [6.45, 7) is 2.44. The predicted molar refractivity (Wildman–Crippen MR) is 124 cm³/mol. The second-order valence-electron chi connectivity index (χ2n) is 9.40. The second kappa shape index (κ2) is 11.8. The van der Waals surface area contributed by atoms with Gasteiger partial charge in [0.25, 0.3) is 0 Å². The molecule has 9 atom stereocenters. The molecule has 2 aliphatic heterocycles. The van der Waals surface area contributed by atoms with Crippen molar-refractivity contribution < 1.29 is 29.6 Å². The number of alkyl halides is 1. The van der Waals surface area contributed by atoms with Gasteiger partial charge in [0, 0.05) is 12.8 Å². The predicted octanol–water partition coefficient (Wildman–Crippen LogP) is 0.787. The molecule has 3 rings (SSSR count). The van der Waals surface area contributed by atoms with Gasteiger partial charge in [-0.15, -0.1) is 23.4 Å². The normalized spacial score (nSPS) is 39.2. The lowest BCUT2D eigenvalue weighted by Crippen LogP contribution is -2.65. The molecule has 5 N–H and O–H groups in total. The minimum Gasteiger partial charge on any atom is -0.388 e. The second-order valence-corrected chi connectivity index (χ2v) is 11.0. The van der Waals surface area contributed by atoms with E-state index in [4.69, 9.17) is 16.3 Å². The van der Waals surface area contributed by atoms with E-state index in [1.807, 2.05) is 0 Å². The van der Waals surface area contributed by atoms with E-state index in [1.54, 1.807) is 13.2 Å². The molecule has 184 valence electrons. The van der Waals surface area contributed by atoms with Crippen molar-refractivity contribution in [2.24, 2.45) is 11.8 Å². The molecule has 0 bridgehead atoms. The minimum atomic E-state index is -1.39. The third-order valence-electron chi connectivity index (χ3n) is 7.30. The molecule has 0 aromatic heterocycles. The smallest absolute Gasteiger partial charge is 0.237 e. The van der Waals surface area contributed by atoms with Crippen LogP contribution in [0.3, 0.4) is 0 Å². The average molecular weight is 493 g/mol. The maximum Gasteiger partial charge on any atom is 0.237 e. The van der Waals surface area contributed by atoms with Gasteiger partial charge in [-0.2, -0.15) is 0 Å². The highest BCUT2D eigenvalue weighted by atomic mass is 35.5. The molecule has 2 saturated heterocycles. The third kappa shape index (κ3) is 6.17. The first-order valence-electron chi connectivity index (χ1n) is 11.6. The van der Waals surface area contributed by atoms with Crippen LogP contribution in [0.2, 0.25) is 0 Å². The molecule has 0 aromatic rings. The number of Topliss-reactive ketones (excluding diaryl/α,β-unsaturated/α-hetero) is 1. The Morgan fingerprint density at radius 1 is 1.09 bits per heavy atom. The molecule has 32 heavy (non-hydrogen) atoms. The van der Waals surface area contributed by atoms with Crippen LogP contribution in [0.15, 0.2) is 0 Å². The fourth-order valence-electron chi connectivity index (χ4n) is 5.29. The van der Waals surface area contributed by atoms with E-state index >= 15 is 0 Å². The first kappa shape index (κ1) is 26.2. The van der Waals surface area contributed by atoms with Gasteiger partial charge in [-0.25, -0.2) is 0 Å². The summed E-state index contributed by atoms with van der Waals surface area (Å²) in [6, 6.07) is -1.11. The highest BCUT2D eigenvalue weighted by Crippen LogP contribution is 2.35. The molecule has 1 amide bonds. The van der Waals surface area contributed by atoms with Crippen LogP contribution in [0, 0.1) is 11.8 Å². The van der Waals surface area contributed by atoms with Gasteiger partial charge >= 0.3 is 0 Å². The van der Waals surface area contributed by atoms with Gasteiger partial charge in [0.15, 0.2) is 0 Å². The van der Waals surface area contributed by atoms with Crippen molar-refractivity contribution in [1.29, 1.82) is 0 Å². The van der Waals surface area contributed by atoms with Crippen LogP contribution >= 0.6 is 23.4 Å². The molecule has 3 fully saturated rings. The van der Waals surface area contributed by atoms with Crippen molar-refractivity contribution in [1.82, 2.24) is 10.6 Å². The fraction of sp³-hybridized carbons (Fsp3) is 0.909. The molecule has 0 aromatic carbocycles. The fourth-order valence-corrected chi connectivity index (χ4v) is 6.17. The average Bonchev–Trinajstić information content (AvgIpc) is 3.03. The summed E-state index contributed by atoms with van der Waals surface area (Å²) in [5, 5.41) is 36.6. The van der Waals surface area contributed by atoms with Gasteiger partial charge in [-0.05, 0) is 63.7 Å². The standard InChI is InChI=1S/C22H37ClN2O6S/c1-11(23)16(20-18(28)17(27)19(29)22(31-20)32-2)25-21(30)15-8-5-13(9-10-24-15)12-3-6-14(26)7-4-12/h11-13,15-20,22,24,27-29H,3-10H2,1-2H3,(H,25,30)/t11-,13-,15-,16+,17?,18?,19+,20+,22?/m0/s1. The molecule has 3 unspecified atom stereocenters. The zero-order valence-electron chi connectivity index (χ0n) is 18.8. The first-order valence-corrected chi connectivity index (χ1v) is 13.4. The van der Waals surface area contributed by atoms with Gasteiger partial charge in [0.05, 0.1) is 17.5 Å². The van der Waals surface area contributed by atoms with Gasteiger partial charge in [0.2, 0.25) is 5.91 Å². The molecule has 1 aliphatic carbocycles. The molecule has 10 heteroatoms. The van der Waals surface area contributed by atoms with Crippen molar-refractivity contribution >= 4 is 35.1 Å². The summed E-state index contributed by atoms with van der Waals surface area (Å²) in [7, 11) is 0. The SMILES string of the molecule is CSC1O[C@H]([C@H](NC(=O)[C@@H]2CC[C@H](C3CCC(=O)CC3)CCN2)[C@H](C)Cl)C(O)C(O)[C@H]1O. The Hall–Kier alpha value is -0.420. The van der Waals surface area contributed by atoms with Crippen molar-refractivity contribution in [2.75, 3.05) is 12.8 Å². The monoisotopic (exact) mass is 492 g/mol. The number of ether oxygens (including phenoxy) is 1. The summed E-state index contributed by atoms with van der Waals surface area (Å²) >= 11 is 7.59. The van der Waals surface area contributed by atoms with E-state index in [1.165, 1.54) is 11.8 Å². The molecule has 0 spiro atoms. The van der Waals surface area contributed by atoms with Crippen molar-refractivity contribution in [2.45, 2.75) is 99.2 Å². The maximum absolute atomic E-state index is 13.1. The number of aliphatic hydroxyl groups excluding tert-OH is 3. The van der Waals surface area contributed by atoms with E-state index in [9.17, 15) is 24.9 Å². The number of aliphatic hydroxyl groups is 3.